The summed E-state index contributed by atoms with van der Waals surface area (Å²) in [6.07, 6.45) is 1.57. The number of hydrogen-bond acceptors (Lipinski definition) is 6. The van der Waals surface area contributed by atoms with Gasteiger partial charge in [0.1, 0.15) is 0 Å². The SMILES string of the molecule is C/C(C#N)=C(\C)c1ccc2c(=O)[nH]c(O)c(C=Nc3ccc(N4CCN(C)CC4)cc3)c2c1. The van der Waals surface area contributed by atoms with E-state index in [1.54, 1.807) is 19.2 Å². The topological polar surface area (TPSA) is 95.7 Å². The lowest BCUT2D eigenvalue weighted by Gasteiger charge is -2.34. The summed E-state index contributed by atoms with van der Waals surface area (Å²) in [6, 6.07) is 15.5. The molecule has 2 N–H and O–H groups in total. The molecule has 1 aliphatic rings. The second-order valence-electron chi connectivity index (χ2n) is 8.40. The summed E-state index contributed by atoms with van der Waals surface area (Å²) in [5, 5.41) is 20.7. The largest absolute Gasteiger partial charge is 0.494 e. The van der Waals surface area contributed by atoms with Crippen LogP contribution in [0.5, 0.6) is 5.88 Å². The van der Waals surface area contributed by atoms with E-state index < -0.39 is 0 Å². The van der Waals surface area contributed by atoms with Crippen molar-refractivity contribution in [3.8, 4) is 11.9 Å². The molecule has 0 aliphatic carbocycles. The van der Waals surface area contributed by atoms with Gasteiger partial charge in [0.2, 0.25) is 5.88 Å². The maximum Gasteiger partial charge on any atom is 0.258 e. The van der Waals surface area contributed by atoms with Gasteiger partial charge in [-0.25, -0.2) is 0 Å². The highest BCUT2D eigenvalue weighted by molar-refractivity contribution is 6.03. The van der Waals surface area contributed by atoms with Gasteiger partial charge in [-0.2, -0.15) is 5.26 Å². The Morgan fingerprint density at radius 2 is 1.79 bits per heavy atom. The quantitative estimate of drug-likeness (QED) is 0.470. The normalized spacial score (nSPS) is 15.6. The van der Waals surface area contributed by atoms with Crippen molar-refractivity contribution in [1.82, 2.24) is 9.88 Å². The second kappa shape index (κ2) is 9.31. The van der Waals surface area contributed by atoms with Crippen molar-refractivity contribution in [1.29, 1.82) is 5.26 Å². The summed E-state index contributed by atoms with van der Waals surface area (Å²) in [5.74, 6) is -0.235. The molecule has 0 unspecified atom stereocenters. The van der Waals surface area contributed by atoms with Gasteiger partial charge in [-0.1, -0.05) is 6.07 Å². The molecule has 3 aromatic rings. The van der Waals surface area contributed by atoms with E-state index in [1.165, 1.54) is 5.69 Å². The zero-order chi connectivity index (χ0) is 23.5. The fraction of sp³-hybridized carbons (Fsp3) is 0.269. The molecular formula is C26H27N5O2. The fourth-order valence-electron chi connectivity index (χ4n) is 3.95. The zero-order valence-electron chi connectivity index (χ0n) is 19.1. The summed E-state index contributed by atoms with van der Waals surface area (Å²) in [4.78, 5) is 24.1. The molecule has 0 amide bonds. The molecule has 0 radical (unpaired) electrons. The summed E-state index contributed by atoms with van der Waals surface area (Å²) >= 11 is 0. The van der Waals surface area contributed by atoms with Gasteiger partial charge in [0, 0.05) is 54.4 Å². The van der Waals surface area contributed by atoms with Crippen molar-refractivity contribution in [3.63, 3.8) is 0 Å². The van der Waals surface area contributed by atoms with Crippen molar-refractivity contribution >= 4 is 33.9 Å². The minimum atomic E-state index is -0.374. The number of nitriles is 1. The van der Waals surface area contributed by atoms with Crippen LogP contribution in [0.15, 0.2) is 57.8 Å². The number of pyridine rings is 1. The third kappa shape index (κ3) is 4.66. The van der Waals surface area contributed by atoms with E-state index in [0.29, 0.717) is 21.9 Å². The molecule has 33 heavy (non-hydrogen) atoms. The fourth-order valence-corrected chi connectivity index (χ4v) is 3.95. The highest BCUT2D eigenvalue weighted by Gasteiger charge is 2.14. The predicted molar refractivity (Wildman–Crippen MR) is 134 cm³/mol. The Labute approximate surface area is 192 Å². The number of likely N-dealkylation sites (N-methyl/N-ethyl adjacent to an activating group) is 1. The first-order chi connectivity index (χ1) is 15.9. The first-order valence-corrected chi connectivity index (χ1v) is 10.9. The highest BCUT2D eigenvalue weighted by Crippen LogP contribution is 2.27. The van der Waals surface area contributed by atoms with Gasteiger partial charge < -0.3 is 14.9 Å². The van der Waals surface area contributed by atoms with Crippen molar-refractivity contribution in [2.24, 2.45) is 4.99 Å². The number of H-pyrrole nitrogens is 1. The highest BCUT2D eigenvalue weighted by atomic mass is 16.3. The average Bonchev–Trinajstić information content (AvgIpc) is 2.83. The van der Waals surface area contributed by atoms with E-state index in [-0.39, 0.29) is 11.4 Å². The summed E-state index contributed by atoms with van der Waals surface area (Å²) < 4.78 is 0. The average molecular weight is 442 g/mol. The number of aliphatic imine (C=N–C) groups is 1. The van der Waals surface area contributed by atoms with E-state index in [2.05, 4.69) is 45.0 Å². The molecule has 1 aromatic heterocycles. The first kappa shape index (κ1) is 22.3. The number of aromatic amines is 1. The molecule has 2 aromatic carbocycles. The molecule has 0 saturated carbocycles. The van der Waals surface area contributed by atoms with Crippen LogP contribution in [0, 0.1) is 11.3 Å². The lowest BCUT2D eigenvalue weighted by Crippen LogP contribution is -2.44. The van der Waals surface area contributed by atoms with Crippen LogP contribution in [0.25, 0.3) is 16.3 Å². The molecule has 4 rings (SSSR count). The molecule has 0 atom stereocenters. The monoisotopic (exact) mass is 441 g/mol. The van der Waals surface area contributed by atoms with Gasteiger partial charge in [-0.15, -0.1) is 0 Å². The van der Waals surface area contributed by atoms with E-state index in [4.69, 9.17) is 0 Å². The zero-order valence-corrected chi connectivity index (χ0v) is 19.1. The van der Waals surface area contributed by atoms with E-state index >= 15 is 0 Å². The van der Waals surface area contributed by atoms with Gasteiger partial charge in [-0.3, -0.25) is 14.8 Å². The Bertz CT molecular complexity index is 1340. The lowest BCUT2D eigenvalue weighted by molar-refractivity contribution is 0.313. The number of hydrogen-bond donors (Lipinski definition) is 2. The summed E-state index contributed by atoms with van der Waals surface area (Å²) in [5.41, 5.74) is 4.20. The van der Waals surface area contributed by atoms with Crippen molar-refractivity contribution in [2.45, 2.75) is 13.8 Å². The van der Waals surface area contributed by atoms with Crippen LogP contribution >= 0.6 is 0 Å². The number of rotatable bonds is 4. The van der Waals surface area contributed by atoms with Crippen LogP contribution in [-0.4, -0.2) is 54.4 Å². The molecule has 0 spiro atoms. The van der Waals surface area contributed by atoms with Gasteiger partial charge in [0.25, 0.3) is 5.56 Å². The van der Waals surface area contributed by atoms with Gasteiger partial charge >= 0.3 is 0 Å². The Kier molecular flexibility index (Phi) is 6.29. The molecular weight excluding hydrogens is 414 g/mol. The van der Waals surface area contributed by atoms with Crippen LogP contribution < -0.4 is 10.5 Å². The molecule has 2 heterocycles. The van der Waals surface area contributed by atoms with Crippen molar-refractivity contribution < 1.29 is 5.11 Å². The number of aromatic hydroxyl groups is 1. The van der Waals surface area contributed by atoms with Crippen LogP contribution in [0.4, 0.5) is 11.4 Å². The molecule has 7 nitrogen and oxygen atoms in total. The van der Waals surface area contributed by atoms with Gasteiger partial charge in [0.05, 0.1) is 17.3 Å². The van der Waals surface area contributed by atoms with E-state index in [9.17, 15) is 15.2 Å². The van der Waals surface area contributed by atoms with Crippen molar-refractivity contribution in [3.05, 3.63) is 69.5 Å². The summed E-state index contributed by atoms with van der Waals surface area (Å²) in [7, 11) is 2.14. The minimum Gasteiger partial charge on any atom is -0.494 e. The molecule has 1 fully saturated rings. The summed E-state index contributed by atoms with van der Waals surface area (Å²) in [6.45, 7) is 7.70. The number of anilines is 1. The van der Waals surface area contributed by atoms with Gasteiger partial charge in [0.15, 0.2) is 0 Å². The third-order valence-electron chi connectivity index (χ3n) is 6.27. The van der Waals surface area contributed by atoms with Crippen LogP contribution in [0.3, 0.4) is 0 Å². The van der Waals surface area contributed by atoms with Crippen molar-refractivity contribution in [2.75, 3.05) is 38.1 Å². The molecule has 0 bridgehead atoms. The Morgan fingerprint density at radius 3 is 2.45 bits per heavy atom. The molecule has 1 saturated heterocycles. The predicted octanol–water partition coefficient (Wildman–Crippen LogP) is 4.05. The van der Waals surface area contributed by atoms with Gasteiger partial charge in [-0.05, 0) is 68.4 Å². The molecule has 168 valence electrons. The number of benzene rings is 2. The van der Waals surface area contributed by atoms with E-state index in [0.717, 1.165) is 43.0 Å². The smallest absolute Gasteiger partial charge is 0.258 e. The third-order valence-corrected chi connectivity index (χ3v) is 6.27. The van der Waals surface area contributed by atoms with Crippen LogP contribution in [-0.2, 0) is 0 Å². The first-order valence-electron chi connectivity index (χ1n) is 10.9. The lowest BCUT2D eigenvalue weighted by atomic mass is 9.98. The Hall–Kier alpha value is -3.89. The Balaban J connectivity index is 1.68. The van der Waals surface area contributed by atoms with E-state index in [1.807, 2.05) is 31.2 Å². The number of nitrogens with zero attached hydrogens (tertiary/aromatic N) is 4. The minimum absolute atomic E-state index is 0.235. The molecule has 1 aliphatic heterocycles. The molecule has 7 heteroatoms. The van der Waals surface area contributed by atoms with Crippen LogP contribution in [0.1, 0.15) is 25.0 Å². The maximum atomic E-state index is 12.4. The van der Waals surface area contributed by atoms with Crippen LogP contribution in [0.2, 0.25) is 0 Å². The number of allylic oxidation sites excluding steroid dienone is 2. The second-order valence-corrected chi connectivity index (χ2v) is 8.40. The Morgan fingerprint density at radius 1 is 1.09 bits per heavy atom. The number of aromatic nitrogens is 1. The number of nitrogens with one attached hydrogen (secondary N) is 1. The maximum absolute atomic E-state index is 12.4. The standard InChI is InChI=1S/C26H27N5O2/c1-17(15-27)18(2)19-4-9-22-23(14-19)24(26(33)29-25(22)32)16-28-20-5-7-21(8-6-20)31-12-10-30(3)11-13-31/h4-9,14,16H,10-13H2,1-3H3,(H2,29,32,33)/b18-17-,28-16?. The number of piperazine rings is 1. The number of fused-ring (bicyclic) bond motifs is 1.